The van der Waals surface area contributed by atoms with Crippen LogP contribution in [0.2, 0.25) is 5.02 Å². The molecule has 0 saturated carbocycles. The van der Waals surface area contributed by atoms with Crippen LogP contribution in [0.25, 0.3) is 0 Å². The van der Waals surface area contributed by atoms with Crippen molar-refractivity contribution in [3.63, 3.8) is 0 Å². The van der Waals surface area contributed by atoms with Crippen molar-refractivity contribution in [2.75, 3.05) is 11.9 Å². The van der Waals surface area contributed by atoms with Crippen molar-refractivity contribution < 1.29 is 9.53 Å². The fourth-order valence-corrected chi connectivity index (χ4v) is 3.00. The molecular formula is C22H21ClN2O3. The Morgan fingerprint density at radius 2 is 1.82 bits per heavy atom. The molecule has 3 rings (SSSR count). The molecule has 1 heterocycles. The fraction of sp³-hybridized carbons (Fsp3) is 0.182. The third-order valence-corrected chi connectivity index (χ3v) is 4.53. The third-order valence-electron chi connectivity index (χ3n) is 4.16. The van der Waals surface area contributed by atoms with E-state index in [0.717, 1.165) is 16.9 Å². The fourth-order valence-electron chi connectivity index (χ4n) is 2.80. The maximum Gasteiger partial charge on any atom is 0.250 e. The number of anilines is 1. The molecule has 0 fully saturated rings. The average molecular weight is 397 g/mol. The molecule has 0 bridgehead atoms. The van der Waals surface area contributed by atoms with Gasteiger partial charge < -0.3 is 14.6 Å². The number of amides is 1. The van der Waals surface area contributed by atoms with E-state index in [-0.39, 0.29) is 17.9 Å². The summed E-state index contributed by atoms with van der Waals surface area (Å²) in [5.74, 6) is 0.616. The Bertz CT molecular complexity index is 1010. The van der Waals surface area contributed by atoms with Gasteiger partial charge in [0.1, 0.15) is 5.75 Å². The Morgan fingerprint density at radius 3 is 2.54 bits per heavy atom. The number of halogens is 1. The molecule has 1 N–H and O–H groups in total. The molecule has 5 nitrogen and oxygen atoms in total. The molecular weight excluding hydrogens is 376 g/mol. The Labute approximate surface area is 168 Å². The number of hydrogen-bond acceptors (Lipinski definition) is 3. The Kier molecular flexibility index (Phi) is 6.50. The van der Waals surface area contributed by atoms with Crippen LogP contribution < -0.4 is 15.6 Å². The summed E-state index contributed by atoms with van der Waals surface area (Å²) in [7, 11) is 0. The number of pyridine rings is 1. The molecule has 0 saturated heterocycles. The van der Waals surface area contributed by atoms with E-state index in [1.807, 2.05) is 49.4 Å². The van der Waals surface area contributed by atoms with Gasteiger partial charge in [-0.25, -0.2) is 0 Å². The monoisotopic (exact) mass is 396 g/mol. The summed E-state index contributed by atoms with van der Waals surface area (Å²) < 4.78 is 6.92. The summed E-state index contributed by atoms with van der Waals surface area (Å²) in [6.45, 7) is 2.86. The van der Waals surface area contributed by atoms with Crippen LogP contribution >= 0.6 is 11.6 Å². The SMILES string of the molecule is CCOc1ccc(CC(=O)Nc2ccc(=O)n(Cc3ccccc3Cl)c2)cc1. The number of ether oxygens (including phenoxy) is 1. The van der Waals surface area contributed by atoms with E-state index in [4.69, 9.17) is 16.3 Å². The van der Waals surface area contributed by atoms with Gasteiger partial charge in [0, 0.05) is 17.3 Å². The van der Waals surface area contributed by atoms with E-state index in [1.165, 1.54) is 10.6 Å². The highest BCUT2D eigenvalue weighted by molar-refractivity contribution is 6.31. The van der Waals surface area contributed by atoms with Crippen molar-refractivity contribution >= 4 is 23.2 Å². The lowest BCUT2D eigenvalue weighted by atomic mass is 10.1. The van der Waals surface area contributed by atoms with E-state index in [0.29, 0.717) is 23.9 Å². The summed E-state index contributed by atoms with van der Waals surface area (Å²) >= 11 is 6.18. The van der Waals surface area contributed by atoms with Gasteiger partial charge in [0.15, 0.2) is 0 Å². The lowest BCUT2D eigenvalue weighted by Crippen LogP contribution is -2.21. The molecule has 6 heteroatoms. The predicted molar refractivity (Wildman–Crippen MR) is 111 cm³/mol. The van der Waals surface area contributed by atoms with Crippen LogP contribution in [0.15, 0.2) is 71.7 Å². The molecule has 1 amide bonds. The van der Waals surface area contributed by atoms with Crippen molar-refractivity contribution in [3.8, 4) is 5.75 Å². The van der Waals surface area contributed by atoms with Crippen LogP contribution in [0.5, 0.6) is 5.75 Å². The lowest BCUT2D eigenvalue weighted by Gasteiger charge is -2.11. The van der Waals surface area contributed by atoms with Crippen molar-refractivity contribution in [2.24, 2.45) is 0 Å². The standard InChI is InChI=1S/C22H21ClN2O3/c1-2-28-19-10-7-16(8-11-19)13-21(26)24-18-9-12-22(27)25(15-18)14-17-5-3-4-6-20(17)23/h3-12,15H,2,13-14H2,1H3,(H,24,26). The van der Waals surface area contributed by atoms with E-state index in [2.05, 4.69) is 5.32 Å². The number of nitrogens with zero attached hydrogens (tertiary/aromatic N) is 1. The summed E-state index contributed by atoms with van der Waals surface area (Å²) in [4.78, 5) is 24.5. The van der Waals surface area contributed by atoms with Gasteiger partial charge in [-0.3, -0.25) is 9.59 Å². The second-order valence-corrected chi connectivity index (χ2v) is 6.68. The molecule has 0 aliphatic heterocycles. The zero-order valence-corrected chi connectivity index (χ0v) is 16.3. The number of benzene rings is 2. The minimum Gasteiger partial charge on any atom is -0.494 e. The highest BCUT2D eigenvalue weighted by atomic mass is 35.5. The molecule has 0 spiro atoms. The van der Waals surface area contributed by atoms with Gasteiger partial charge in [-0.1, -0.05) is 41.9 Å². The first-order valence-corrected chi connectivity index (χ1v) is 9.38. The van der Waals surface area contributed by atoms with E-state index in [1.54, 1.807) is 18.3 Å². The highest BCUT2D eigenvalue weighted by Crippen LogP contribution is 2.17. The smallest absolute Gasteiger partial charge is 0.250 e. The quantitative estimate of drug-likeness (QED) is 0.653. The Balaban J connectivity index is 1.67. The molecule has 0 aliphatic carbocycles. The first kappa shape index (κ1) is 19.7. The molecule has 0 unspecified atom stereocenters. The van der Waals surface area contributed by atoms with Crippen LogP contribution in [0, 0.1) is 0 Å². The molecule has 3 aromatic rings. The van der Waals surface area contributed by atoms with Crippen molar-refractivity contribution in [3.05, 3.63) is 93.4 Å². The summed E-state index contributed by atoms with van der Waals surface area (Å²) in [5, 5.41) is 3.43. The predicted octanol–water partition coefficient (Wildman–Crippen LogP) is 4.13. The van der Waals surface area contributed by atoms with Crippen LogP contribution in [0.4, 0.5) is 5.69 Å². The molecule has 0 radical (unpaired) electrons. The second-order valence-electron chi connectivity index (χ2n) is 6.28. The number of aromatic nitrogens is 1. The van der Waals surface area contributed by atoms with Gasteiger partial charge in [-0.05, 0) is 42.3 Å². The van der Waals surface area contributed by atoms with Crippen molar-refractivity contribution in [2.45, 2.75) is 19.9 Å². The van der Waals surface area contributed by atoms with Crippen LogP contribution in [-0.4, -0.2) is 17.1 Å². The average Bonchev–Trinajstić information content (AvgIpc) is 2.68. The van der Waals surface area contributed by atoms with Gasteiger partial charge in [0.25, 0.3) is 5.56 Å². The number of hydrogen-bond donors (Lipinski definition) is 1. The molecule has 0 atom stereocenters. The number of rotatable bonds is 7. The summed E-state index contributed by atoms with van der Waals surface area (Å²) in [6.07, 6.45) is 1.86. The van der Waals surface area contributed by atoms with E-state index >= 15 is 0 Å². The Hall–Kier alpha value is -3.05. The van der Waals surface area contributed by atoms with Crippen molar-refractivity contribution in [1.29, 1.82) is 0 Å². The third kappa shape index (κ3) is 5.24. The molecule has 28 heavy (non-hydrogen) atoms. The number of carbonyl (C=O) groups excluding carboxylic acids is 1. The van der Waals surface area contributed by atoms with E-state index in [9.17, 15) is 9.59 Å². The minimum absolute atomic E-state index is 0.160. The first-order chi connectivity index (χ1) is 13.5. The number of carbonyl (C=O) groups is 1. The normalized spacial score (nSPS) is 10.5. The zero-order chi connectivity index (χ0) is 19.9. The van der Waals surface area contributed by atoms with Gasteiger partial charge in [0.05, 0.1) is 25.3 Å². The maximum atomic E-state index is 12.4. The molecule has 1 aromatic heterocycles. The number of nitrogens with one attached hydrogen (secondary N) is 1. The molecule has 144 valence electrons. The summed E-state index contributed by atoms with van der Waals surface area (Å²) in [5.41, 5.74) is 2.11. The minimum atomic E-state index is -0.163. The molecule has 0 aliphatic rings. The van der Waals surface area contributed by atoms with E-state index < -0.39 is 0 Å². The van der Waals surface area contributed by atoms with Gasteiger partial charge in [0.2, 0.25) is 5.91 Å². The van der Waals surface area contributed by atoms with Gasteiger partial charge >= 0.3 is 0 Å². The van der Waals surface area contributed by atoms with Gasteiger partial charge in [-0.15, -0.1) is 0 Å². The first-order valence-electron chi connectivity index (χ1n) is 9.00. The van der Waals surface area contributed by atoms with Gasteiger partial charge in [-0.2, -0.15) is 0 Å². The maximum absolute atomic E-state index is 12.4. The Morgan fingerprint density at radius 1 is 1.07 bits per heavy atom. The van der Waals surface area contributed by atoms with Crippen LogP contribution in [-0.2, 0) is 17.8 Å². The highest BCUT2D eigenvalue weighted by Gasteiger charge is 2.07. The lowest BCUT2D eigenvalue weighted by molar-refractivity contribution is -0.115. The zero-order valence-electron chi connectivity index (χ0n) is 15.5. The molecule has 2 aromatic carbocycles. The van der Waals surface area contributed by atoms with Crippen LogP contribution in [0.1, 0.15) is 18.1 Å². The largest absolute Gasteiger partial charge is 0.494 e. The topological polar surface area (TPSA) is 60.3 Å². The second kappa shape index (κ2) is 9.24. The van der Waals surface area contributed by atoms with Crippen molar-refractivity contribution in [1.82, 2.24) is 4.57 Å². The summed E-state index contributed by atoms with van der Waals surface area (Å²) in [6, 6.07) is 17.8. The van der Waals surface area contributed by atoms with Crippen LogP contribution in [0.3, 0.4) is 0 Å².